The Morgan fingerprint density at radius 2 is 2.17 bits per heavy atom. The average molecular weight is 269 g/mol. The van der Waals surface area contributed by atoms with Crippen LogP contribution in [0.5, 0.6) is 0 Å². The van der Waals surface area contributed by atoms with Gasteiger partial charge >= 0.3 is 0 Å². The highest BCUT2D eigenvalue weighted by Gasteiger charge is 2.34. The van der Waals surface area contributed by atoms with Crippen molar-refractivity contribution in [2.75, 3.05) is 26.3 Å². The SMILES string of the molecule is CC(C)(C(O)CCc1ccsc1)N1CCOCC1. The number of thiophene rings is 1. The lowest BCUT2D eigenvalue weighted by Crippen LogP contribution is -2.56. The van der Waals surface area contributed by atoms with Gasteiger partial charge in [0, 0.05) is 18.6 Å². The fourth-order valence-corrected chi connectivity index (χ4v) is 3.15. The lowest BCUT2D eigenvalue weighted by atomic mass is 9.90. The van der Waals surface area contributed by atoms with E-state index < -0.39 is 0 Å². The minimum atomic E-state index is -0.296. The van der Waals surface area contributed by atoms with E-state index >= 15 is 0 Å². The van der Waals surface area contributed by atoms with E-state index in [-0.39, 0.29) is 11.6 Å². The Kier molecular flexibility index (Phi) is 4.78. The summed E-state index contributed by atoms with van der Waals surface area (Å²) in [4.78, 5) is 2.34. The van der Waals surface area contributed by atoms with Gasteiger partial charge in [-0.3, -0.25) is 4.90 Å². The largest absolute Gasteiger partial charge is 0.391 e. The number of hydrogen-bond acceptors (Lipinski definition) is 4. The third kappa shape index (κ3) is 3.32. The van der Waals surface area contributed by atoms with Crippen LogP contribution in [0, 0.1) is 0 Å². The van der Waals surface area contributed by atoms with Gasteiger partial charge in [-0.1, -0.05) is 0 Å². The molecule has 0 amide bonds. The zero-order chi connectivity index (χ0) is 13.0. The number of nitrogens with zero attached hydrogens (tertiary/aromatic N) is 1. The molecule has 1 atom stereocenters. The van der Waals surface area contributed by atoms with E-state index in [1.165, 1.54) is 5.56 Å². The Labute approximate surface area is 113 Å². The maximum Gasteiger partial charge on any atom is 0.0721 e. The number of ether oxygens (including phenoxy) is 1. The number of aliphatic hydroxyl groups excluding tert-OH is 1. The predicted molar refractivity (Wildman–Crippen MR) is 75.1 cm³/mol. The van der Waals surface area contributed by atoms with Gasteiger partial charge in [-0.25, -0.2) is 0 Å². The smallest absolute Gasteiger partial charge is 0.0721 e. The molecule has 4 heteroatoms. The van der Waals surface area contributed by atoms with Crippen molar-refractivity contribution in [1.29, 1.82) is 0 Å². The van der Waals surface area contributed by atoms with Crippen molar-refractivity contribution in [3.8, 4) is 0 Å². The van der Waals surface area contributed by atoms with Gasteiger partial charge in [0.1, 0.15) is 0 Å². The summed E-state index contributed by atoms with van der Waals surface area (Å²) in [6, 6.07) is 2.14. The second-order valence-corrected chi connectivity index (χ2v) is 6.22. The molecule has 18 heavy (non-hydrogen) atoms. The molecular formula is C14H23NO2S. The van der Waals surface area contributed by atoms with Crippen molar-refractivity contribution >= 4 is 11.3 Å². The van der Waals surface area contributed by atoms with Crippen LogP contribution in [0.2, 0.25) is 0 Å². The molecule has 1 aromatic rings. The van der Waals surface area contributed by atoms with Crippen molar-refractivity contribution in [3.05, 3.63) is 22.4 Å². The third-order valence-electron chi connectivity index (χ3n) is 3.93. The van der Waals surface area contributed by atoms with Gasteiger partial charge < -0.3 is 9.84 Å². The Morgan fingerprint density at radius 1 is 1.44 bits per heavy atom. The Balaban J connectivity index is 1.87. The van der Waals surface area contributed by atoms with Crippen LogP contribution in [0.25, 0.3) is 0 Å². The van der Waals surface area contributed by atoms with Crippen molar-refractivity contribution in [3.63, 3.8) is 0 Å². The Bertz CT molecular complexity index is 345. The summed E-state index contributed by atoms with van der Waals surface area (Å²) in [7, 11) is 0. The Morgan fingerprint density at radius 3 is 2.78 bits per heavy atom. The van der Waals surface area contributed by atoms with Crippen molar-refractivity contribution in [1.82, 2.24) is 4.90 Å². The van der Waals surface area contributed by atoms with Crippen LogP contribution < -0.4 is 0 Å². The third-order valence-corrected chi connectivity index (χ3v) is 4.66. The van der Waals surface area contributed by atoms with Crippen molar-refractivity contribution in [2.45, 2.75) is 38.3 Å². The number of aryl methyl sites for hydroxylation is 1. The summed E-state index contributed by atoms with van der Waals surface area (Å²) in [5, 5.41) is 14.7. The van der Waals surface area contributed by atoms with E-state index in [1.807, 2.05) is 0 Å². The molecule has 0 aromatic carbocycles. The van der Waals surface area contributed by atoms with Crippen LogP contribution in [-0.4, -0.2) is 48.0 Å². The van der Waals surface area contributed by atoms with E-state index in [0.717, 1.165) is 39.1 Å². The first kappa shape index (κ1) is 14.0. The van der Waals surface area contributed by atoms with Crippen LogP contribution in [-0.2, 0) is 11.2 Å². The summed E-state index contributed by atoms with van der Waals surface area (Å²) < 4.78 is 5.37. The lowest BCUT2D eigenvalue weighted by molar-refractivity contribution is -0.0636. The zero-order valence-electron chi connectivity index (χ0n) is 11.3. The molecule has 1 fully saturated rings. The van der Waals surface area contributed by atoms with E-state index in [2.05, 4.69) is 35.6 Å². The maximum atomic E-state index is 10.4. The van der Waals surface area contributed by atoms with Gasteiger partial charge in [-0.2, -0.15) is 11.3 Å². The fourth-order valence-electron chi connectivity index (χ4n) is 2.44. The molecule has 2 rings (SSSR count). The number of hydrogen-bond donors (Lipinski definition) is 1. The van der Waals surface area contributed by atoms with Gasteiger partial charge in [0.05, 0.1) is 19.3 Å². The summed E-state index contributed by atoms with van der Waals surface area (Å²) in [5.41, 5.74) is 1.16. The highest BCUT2D eigenvalue weighted by molar-refractivity contribution is 7.07. The molecule has 1 aliphatic heterocycles. The summed E-state index contributed by atoms with van der Waals surface area (Å²) in [6.45, 7) is 7.67. The number of morpholine rings is 1. The van der Waals surface area contributed by atoms with E-state index in [4.69, 9.17) is 4.74 Å². The first-order chi connectivity index (χ1) is 8.60. The minimum absolute atomic E-state index is 0.167. The summed E-state index contributed by atoms with van der Waals surface area (Å²) in [6.07, 6.45) is 1.48. The second kappa shape index (κ2) is 6.15. The first-order valence-electron chi connectivity index (χ1n) is 6.62. The molecule has 102 valence electrons. The standard InChI is InChI=1S/C14H23NO2S/c1-14(2,15-6-8-17-9-7-15)13(16)4-3-12-5-10-18-11-12/h5,10-11,13,16H,3-4,6-9H2,1-2H3. The molecule has 2 heterocycles. The zero-order valence-corrected chi connectivity index (χ0v) is 12.1. The normalized spacial score (nSPS) is 19.9. The van der Waals surface area contributed by atoms with E-state index in [0.29, 0.717) is 0 Å². The van der Waals surface area contributed by atoms with E-state index in [9.17, 15) is 5.11 Å². The highest BCUT2D eigenvalue weighted by Crippen LogP contribution is 2.24. The maximum absolute atomic E-state index is 10.4. The number of rotatable bonds is 5. The van der Waals surface area contributed by atoms with Crippen molar-refractivity contribution < 1.29 is 9.84 Å². The Hall–Kier alpha value is -0.420. The molecule has 0 saturated carbocycles. The molecule has 1 aromatic heterocycles. The molecule has 1 N–H and O–H groups in total. The van der Waals surface area contributed by atoms with Crippen LogP contribution >= 0.6 is 11.3 Å². The molecule has 1 saturated heterocycles. The quantitative estimate of drug-likeness (QED) is 0.889. The van der Waals surface area contributed by atoms with Crippen molar-refractivity contribution in [2.24, 2.45) is 0 Å². The molecule has 1 aliphatic rings. The fraction of sp³-hybridized carbons (Fsp3) is 0.714. The van der Waals surface area contributed by atoms with Crippen LogP contribution in [0.4, 0.5) is 0 Å². The molecule has 1 unspecified atom stereocenters. The predicted octanol–water partition coefficient (Wildman–Crippen LogP) is 2.15. The van der Waals surface area contributed by atoms with Gasteiger partial charge in [0.2, 0.25) is 0 Å². The molecule has 0 spiro atoms. The van der Waals surface area contributed by atoms with Crippen LogP contribution in [0.1, 0.15) is 25.8 Å². The van der Waals surface area contributed by atoms with Gasteiger partial charge in [-0.15, -0.1) is 0 Å². The topological polar surface area (TPSA) is 32.7 Å². The summed E-state index contributed by atoms with van der Waals surface area (Å²) in [5.74, 6) is 0. The number of aliphatic hydroxyl groups is 1. The van der Waals surface area contributed by atoms with Gasteiger partial charge in [-0.05, 0) is 49.1 Å². The first-order valence-corrected chi connectivity index (χ1v) is 7.57. The van der Waals surface area contributed by atoms with E-state index in [1.54, 1.807) is 11.3 Å². The molecule has 0 radical (unpaired) electrons. The highest BCUT2D eigenvalue weighted by atomic mass is 32.1. The second-order valence-electron chi connectivity index (χ2n) is 5.44. The lowest BCUT2D eigenvalue weighted by Gasteiger charge is -2.43. The van der Waals surface area contributed by atoms with Crippen LogP contribution in [0.15, 0.2) is 16.8 Å². The van der Waals surface area contributed by atoms with Gasteiger partial charge in [0.25, 0.3) is 0 Å². The minimum Gasteiger partial charge on any atom is -0.391 e. The molecule has 3 nitrogen and oxygen atoms in total. The molecular weight excluding hydrogens is 246 g/mol. The van der Waals surface area contributed by atoms with Crippen LogP contribution in [0.3, 0.4) is 0 Å². The molecule has 0 bridgehead atoms. The molecule has 0 aliphatic carbocycles. The van der Waals surface area contributed by atoms with Gasteiger partial charge in [0.15, 0.2) is 0 Å². The summed E-state index contributed by atoms with van der Waals surface area (Å²) >= 11 is 1.72. The monoisotopic (exact) mass is 269 g/mol. The average Bonchev–Trinajstić information content (AvgIpc) is 2.90.